The third-order valence-electron chi connectivity index (χ3n) is 4.96. The summed E-state index contributed by atoms with van der Waals surface area (Å²) in [7, 11) is -3.60. The highest BCUT2D eigenvalue weighted by Gasteiger charge is 2.26. The number of sulfonamides is 1. The summed E-state index contributed by atoms with van der Waals surface area (Å²) in [6.45, 7) is 5.70. The van der Waals surface area contributed by atoms with Gasteiger partial charge in [-0.05, 0) is 42.9 Å². The molecule has 8 heteroatoms. The summed E-state index contributed by atoms with van der Waals surface area (Å²) in [6.07, 6.45) is 1.11. The van der Waals surface area contributed by atoms with Crippen LogP contribution in [0.1, 0.15) is 6.92 Å². The minimum absolute atomic E-state index is 0.184. The molecule has 7 nitrogen and oxygen atoms in total. The molecule has 0 radical (unpaired) electrons. The molecule has 0 aliphatic carbocycles. The second-order valence-corrected chi connectivity index (χ2v) is 8.90. The lowest BCUT2D eigenvalue weighted by Gasteiger charge is -2.35. The maximum Gasteiger partial charge on any atom is 0.243 e. The zero-order valence-corrected chi connectivity index (χ0v) is 17.6. The number of amides is 1. The Labute approximate surface area is 172 Å². The van der Waals surface area contributed by atoms with Crippen molar-refractivity contribution in [2.24, 2.45) is 0 Å². The molecule has 1 heterocycles. The van der Waals surface area contributed by atoms with Gasteiger partial charge in [0.05, 0.1) is 11.9 Å². The lowest BCUT2D eigenvalue weighted by atomic mass is 10.2. The minimum atomic E-state index is -3.60. The van der Waals surface area contributed by atoms with Crippen molar-refractivity contribution in [2.45, 2.75) is 6.92 Å². The van der Waals surface area contributed by atoms with Gasteiger partial charge in [-0.3, -0.25) is 9.10 Å². The van der Waals surface area contributed by atoms with Gasteiger partial charge in [-0.25, -0.2) is 8.42 Å². The number of anilines is 1. The number of piperazine rings is 1. The van der Waals surface area contributed by atoms with Gasteiger partial charge in [-0.2, -0.15) is 0 Å². The van der Waals surface area contributed by atoms with Gasteiger partial charge >= 0.3 is 0 Å². The fourth-order valence-electron chi connectivity index (χ4n) is 3.24. The number of carbonyl (C=O) groups is 1. The Morgan fingerprint density at radius 3 is 2.10 bits per heavy atom. The van der Waals surface area contributed by atoms with Gasteiger partial charge in [-0.1, -0.05) is 25.1 Å². The molecule has 0 spiro atoms. The van der Waals surface area contributed by atoms with Crippen molar-refractivity contribution in [1.29, 1.82) is 0 Å². The van der Waals surface area contributed by atoms with Crippen molar-refractivity contribution < 1.29 is 17.9 Å². The Morgan fingerprint density at radius 2 is 1.55 bits per heavy atom. The number of benzene rings is 2. The molecule has 3 rings (SSSR count). The van der Waals surface area contributed by atoms with E-state index in [-0.39, 0.29) is 12.5 Å². The Balaban J connectivity index is 1.69. The first-order chi connectivity index (χ1) is 13.9. The van der Waals surface area contributed by atoms with E-state index in [2.05, 4.69) is 11.8 Å². The predicted molar refractivity (Wildman–Crippen MR) is 114 cm³/mol. The van der Waals surface area contributed by atoms with Crippen molar-refractivity contribution in [2.75, 3.05) is 49.8 Å². The lowest BCUT2D eigenvalue weighted by molar-refractivity contribution is -0.131. The van der Waals surface area contributed by atoms with Gasteiger partial charge in [0.15, 0.2) is 0 Å². The fraction of sp³-hybridized carbons (Fsp3) is 0.381. The number of rotatable bonds is 7. The maximum atomic E-state index is 12.7. The van der Waals surface area contributed by atoms with Crippen LogP contribution in [0.5, 0.6) is 11.5 Å². The van der Waals surface area contributed by atoms with Crippen LogP contribution in [-0.2, 0) is 14.8 Å². The van der Waals surface area contributed by atoms with Crippen molar-refractivity contribution in [3.05, 3.63) is 54.6 Å². The highest BCUT2D eigenvalue weighted by atomic mass is 32.2. The topological polar surface area (TPSA) is 70.2 Å². The summed E-state index contributed by atoms with van der Waals surface area (Å²) in [5, 5.41) is 0. The van der Waals surface area contributed by atoms with Crippen LogP contribution in [0.2, 0.25) is 0 Å². The second kappa shape index (κ2) is 9.28. The van der Waals surface area contributed by atoms with E-state index in [9.17, 15) is 13.2 Å². The number of carbonyl (C=O) groups excluding carboxylic acids is 1. The van der Waals surface area contributed by atoms with Crippen LogP contribution in [0, 0.1) is 0 Å². The standard InChI is InChI=1S/C21H27N3O4S/c1-3-22-13-15-23(16-14-22)21(25)17-24(29(2,26)27)18-9-11-20(12-10-18)28-19-7-5-4-6-8-19/h4-12H,3,13-17H2,1-2H3. The Morgan fingerprint density at radius 1 is 0.966 bits per heavy atom. The summed E-state index contributed by atoms with van der Waals surface area (Å²) < 4.78 is 31.6. The van der Waals surface area contributed by atoms with Gasteiger partial charge < -0.3 is 14.5 Å². The molecule has 1 amide bonds. The molecule has 2 aromatic rings. The lowest BCUT2D eigenvalue weighted by Crippen LogP contribution is -2.51. The first-order valence-electron chi connectivity index (χ1n) is 9.67. The summed E-state index contributed by atoms with van der Waals surface area (Å²) in [5.41, 5.74) is 0.438. The van der Waals surface area contributed by atoms with Crippen LogP contribution in [0.25, 0.3) is 0 Å². The highest BCUT2D eigenvalue weighted by molar-refractivity contribution is 7.92. The van der Waals surface area contributed by atoms with Crippen molar-refractivity contribution in [3.8, 4) is 11.5 Å². The normalized spacial score (nSPS) is 15.2. The molecule has 1 aliphatic rings. The third-order valence-corrected chi connectivity index (χ3v) is 6.10. The molecule has 2 aromatic carbocycles. The zero-order valence-electron chi connectivity index (χ0n) is 16.8. The van der Waals surface area contributed by atoms with E-state index in [1.165, 1.54) is 0 Å². The zero-order chi connectivity index (χ0) is 20.9. The predicted octanol–water partition coefficient (Wildman–Crippen LogP) is 2.41. The van der Waals surface area contributed by atoms with Crippen molar-refractivity contribution >= 4 is 21.6 Å². The fourth-order valence-corrected chi connectivity index (χ4v) is 4.09. The molecule has 29 heavy (non-hydrogen) atoms. The number of ether oxygens (including phenoxy) is 1. The molecular formula is C21H27N3O4S. The van der Waals surface area contributed by atoms with Crippen molar-refractivity contribution in [3.63, 3.8) is 0 Å². The summed E-state index contributed by atoms with van der Waals surface area (Å²) in [6, 6.07) is 16.0. The number of nitrogens with zero attached hydrogens (tertiary/aromatic N) is 3. The molecule has 0 bridgehead atoms. The maximum absolute atomic E-state index is 12.7. The van der Waals surface area contributed by atoms with E-state index in [0.29, 0.717) is 30.3 Å². The van der Waals surface area contributed by atoms with Gasteiger partial charge in [0.25, 0.3) is 0 Å². The van der Waals surface area contributed by atoms with Gasteiger partial charge in [0.1, 0.15) is 18.0 Å². The quantitative estimate of drug-likeness (QED) is 0.692. The van der Waals surface area contributed by atoms with E-state index < -0.39 is 10.0 Å². The molecular weight excluding hydrogens is 390 g/mol. The molecule has 0 aromatic heterocycles. The number of para-hydroxylation sites is 1. The molecule has 0 atom stereocenters. The van der Waals surface area contributed by atoms with Crippen LogP contribution >= 0.6 is 0 Å². The molecule has 1 saturated heterocycles. The number of hydrogen-bond donors (Lipinski definition) is 0. The van der Waals surface area contributed by atoms with E-state index in [1.807, 2.05) is 30.3 Å². The van der Waals surface area contributed by atoms with Crippen LogP contribution in [0.3, 0.4) is 0 Å². The van der Waals surface area contributed by atoms with Crippen molar-refractivity contribution in [1.82, 2.24) is 9.80 Å². The molecule has 1 fully saturated rings. The van der Waals surface area contributed by atoms with E-state index in [1.54, 1.807) is 29.2 Å². The number of likely N-dealkylation sites (N-methyl/N-ethyl adjacent to an activating group) is 1. The second-order valence-electron chi connectivity index (χ2n) is 6.99. The summed E-state index contributed by atoms with van der Waals surface area (Å²) in [5.74, 6) is 1.10. The van der Waals surface area contributed by atoms with Gasteiger partial charge in [-0.15, -0.1) is 0 Å². The van der Waals surface area contributed by atoms with Crippen LogP contribution in [0.4, 0.5) is 5.69 Å². The molecule has 0 N–H and O–H groups in total. The van der Waals surface area contributed by atoms with Gasteiger partial charge in [0, 0.05) is 26.2 Å². The Hall–Kier alpha value is -2.58. The van der Waals surface area contributed by atoms with Gasteiger partial charge in [0.2, 0.25) is 15.9 Å². The first-order valence-corrected chi connectivity index (χ1v) is 11.5. The SMILES string of the molecule is CCN1CCN(C(=O)CN(c2ccc(Oc3ccccc3)cc2)S(C)(=O)=O)CC1. The van der Waals surface area contributed by atoms with E-state index in [0.717, 1.165) is 30.2 Å². The largest absolute Gasteiger partial charge is 0.457 e. The van der Waals surface area contributed by atoms with E-state index >= 15 is 0 Å². The molecule has 156 valence electrons. The average Bonchev–Trinajstić information content (AvgIpc) is 2.72. The van der Waals surface area contributed by atoms with Crippen LogP contribution < -0.4 is 9.04 Å². The highest BCUT2D eigenvalue weighted by Crippen LogP contribution is 2.25. The number of hydrogen-bond acceptors (Lipinski definition) is 5. The molecule has 0 saturated carbocycles. The van der Waals surface area contributed by atoms with E-state index in [4.69, 9.17) is 4.74 Å². The van der Waals surface area contributed by atoms with Crippen LogP contribution in [-0.4, -0.2) is 69.6 Å². The summed E-state index contributed by atoms with van der Waals surface area (Å²) >= 11 is 0. The molecule has 1 aliphatic heterocycles. The molecule has 0 unspecified atom stereocenters. The monoisotopic (exact) mass is 417 g/mol. The van der Waals surface area contributed by atoms with Crippen LogP contribution in [0.15, 0.2) is 54.6 Å². The first kappa shape index (κ1) is 21.1. The third kappa shape index (κ3) is 5.71. The Bertz CT molecular complexity index is 909. The minimum Gasteiger partial charge on any atom is -0.457 e. The smallest absolute Gasteiger partial charge is 0.243 e. The Kier molecular flexibility index (Phi) is 6.76. The average molecular weight is 418 g/mol. The summed E-state index contributed by atoms with van der Waals surface area (Å²) in [4.78, 5) is 16.7.